The lowest BCUT2D eigenvalue weighted by Crippen LogP contribution is -2.48. The van der Waals surface area contributed by atoms with Gasteiger partial charge < -0.3 is 10.1 Å². The number of carbonyl (C=O) groups excluding carboxylic acids is 3. The minimum absolute atomic E-state index is 0.0601. The molecule has 8 heteroatoms. The monoisotopic (exact) mass is 398 g/mol. The molecule has 0 aliphatic heterocycles. The van der Waals surface area contributed by atoms with Crippen LogP contribution in [0.2, 0.25) is 0 Å². The summed E-state index contributed by atoms with van der Waals surface area (Å²) in [5.74, 6) is -0.958. The van der Waals surface area contributed by atoms with Gasteiger partial charge in [0.1, 0.15) is 0 Å². The average molecular weight is 398 g/mol. The van der Waals surface area contributed by atoms with E-state index in [4.69, 9.17) is 4.74 Å². The van der Waals surface area contributed by atoms with Crippen LogP contribution in [0.1, 0.15) is 54.4 Å². The zero-order valence-corrected chi connectivity index (χ0v) is 16.9. The largest absolute Gasteiger partial charge is 0.452 e. The molecule has 1 aliphatic rings. The second kappa shape index (κ2) is 8.98. The first kappa shape index (κ1) is 20.7. The normalized spacial score (nSPS) is 18.9. The van der Waals surface area contributed by atoms with E-state index in [-0.39, 0.29) is 11.6 Å². The highest BCUT2D eigenvalue weighted by molar-refractivity contribution is 5.98. The molecule has 8 nitrogen and oxygen atoms in total. The van der Waals surface area contributed by atoms with Crippen LogP contribution in [0.25, 0.3) is 11.0 Å². The van der Waals surface area contributed by atoms with Crippen LogP contribution < -0.4 is 10.6 Å². The molecular formula is C21H26N4O4. The van der Waals surface area contributed by atoms with Crippen molar-refractivity contribution in [3.8, 4) is 0 Å². The number of carbonyl (C=O) groups is 3. The summed E-state index contributed by atoms with van der Waals surface area (Å²) in [6.07, 6.45) is 4.19. The van der Waals surface area contributed by atoms with Gasteiger partial charge in [0.15, 0.2) is 6.61 Å². The molecule has 3 amide bonds. The number of nitrogens with one attached hydrogen (secondary N) is 2. The van der Waals surface area contributed by atoms with Crippen molar-refractivity contribution in [3.05, 3.63) is 35.2 Å². The van der Waals surface area contributed by atoms with E-state index >= 15 is 0 Å². The van der Waals surface area contributed by atoms with Crippen LogP contribution in [-0.4, -0.2) is 40.5 Å². The summed E-state index contributed by atoms with van der Waals surface area (Å²) in [5, 5.41) is 5.03. The van der Waals surface area contributed by atoms with Crippen molar-refractivity contribution in [3.63, 3.8) is 0 Å². The van der Waals surface area contributed by atoms with Gasteiger partial charge in [0.25, 0.3) is 5.91 Å². The molecule has 29 heavy (non-hydrogen) atoms. The predicted molar refractivity (Wildman–Crippen MR) is 107 cm³/mol. The molecule has 1 aliphatic carbocycles. The van der Waals surface area contributed by atoms with Crippen LogP contribution in [0.5, 0.6) is 0 Å². The fourth-order valence-electron chi connectivity index (χ4n) is 3.47. The van der Waals surface area contributed by atoms with Gasteiger partial charge in [-0.15, -0.1) is 0 Å². The summed E-state index contributed by atoms with van der Waals surface area (Å²) in [6, 6.07) is 4.33. The van der Waals surface area contributed by atoms with Crippen molar-refractivity contribution >= 4 is 28.9 Å². The highest BCUT2D eigenvalue weighted by Gasteiger charge is 2.23. The lowest BCUT2D eigenvalue weighted by molar-refractivity contribution is -0.123. The number of urea groups is 1. The number of rotatable bonds is 4. The van der Waals surface area contributed by atoms with Crippen molar-refractivity contribution in [2.24, 2.45) is 5.92 Å². The topological polar surface area (TPSA) is 110 Å². The van der Waals surface area contributed by atoms with E-state index in [1.165, 1.54) is 0 Å². The van der Waals surface area contributed by atoms with Gasteiger partial charge in [-0.3, -0.25) is 10.1 Å². The molecule has 1 fully saturated rings. The molecule has 3 rings (SSSR count). The number of aromatic nitrogens is 2. The van der Waals surface area contributed by atoms with E-state index in [9.17, 15) is 14.4 Å². The number of benzene rings is 1. The second-order valence-electron chi connectivity index (χ2n) is 7.56. The van der Waals surface area contributed by atoms with Gasteiger partial charge in [-0.05, 0) is 50.8 Å². The third-order valence-electron chi connectivity index (χ3n) is 5.33. The van der Waals surface area contributed by atoms with E-state index < -0.39 is 24.5 Å². The highest BCUT2D eigenvalue weighted by atomic mass is 16.5. The van der Waals surface area contributed by atoms with E-state index in [1.807, 2.05) is 13.8 Å². The average Bonchev–Trinajstić information content (AvgIpc) is 2.68. The number of amides is 3. The van der Waals surface area contributed by atoms with Gasteiger partial charge in [0.2, 0.25) is 0 Å². The maximum atomic E-state index is 12.2. The Balaban J connectivity index is 1.52. The van der Waals surface area contributed by atoms with Crippen molar-refractivity contribution in [1.29, 1.82) is 0 Å². The Bertz CT molecular complexity index is 944. The zero-order valence-electron chi connectivity index (χ0n) is 16.9. The number of esters is 1. The molecule has 0 bridgehead atoms. The third-order valence-corrected chi connectivity index (χ3v) is 5.33. The molecule has 154 valence electrons. The van der Waals surface area contributed by atoms with Gasteiger partial charge in [-0.2, -0.15) is 0 Å². The van der Waals surface area contributed by atoms with Crippen LogP contribution >= 0.6 is 0 Å². The number of hydrogen-bond donors (Lipinski definition) is 2. The first-order chi connectivity index (χ1) is 13.8. The van der Waals surface area contributed by atoms with Crippen molar-refractivity contribution in [1.82, 2.24) is 20.6 Å². The fraction of sp³-hybridized carbons (Fsp3) is 0.476. The SMILES string of the molecule is Cc1nc2ccc(C(=O)OCC(=O)NC(=O)N[C@H]3CCCC[C@@H]3C)cc2nc1C. The number of fused-ring (bicyclic) bond motifs is 1. The summed E-state index contributed by atoms with van der Waals surface area (Å²) in [6.45, 7) is 5.26. The summed E-state index contributed by atoms with van der Waals surface area (Å²) in [7, 11) is 0. The molecule has 1 aromatic heterocycles. The third kappa shape index (κ3) is 5.28. The van der Waals surface area contributed by atoms with E-state index in [0.29, 0.717) is 17.0 Å². The van der Waals surface area contributed by atoms with Crippen LogP contribution in [0.4, 0.5) is 4.79 Å². The number of hydrogen-bond acceptors (Lipinski definition) is 6. The Morgan fingerprint density at radius 2 is 1.76 bits per heavy atom. The van der Waals surface area contributed by atoms with E-state index in [2.05, 4.69) is 27.5 Å². The lowest BCUT2D eigenvalue weighted by Gasteiger charge is -2.29. The molecular weight excluding hydrogens is 372 g/mol. The Hall–Kier alpha value is -3.03. The van der Waals surface area contributed by atoms with Gasteiger partial charge in [-0.25, -0.2) is 19.6 Å². The Labute approximate surface area is 169 Å². The highest BCUT2D eigenvalue weighted by Crippen LogP contribution is 2.23. The fourth-order valence-corrected chi connectivity index (χ4v) is 3.47. The quantitative estimate of drug-likeness (QED) is 0.766. The molecule has 0 saturated heterocycles. The van der Waals surface area contributed by atoms with Crippen LogP contribution in [0.3, 0.4) is 0 Å². The number of ether oxygens (including phenoxy) is 1. The van der Waals surface area contributed by atoms with Crippen molar-refractivity contribution in [2.75, 3.05) is 6.61 Å². The molecule has 2 atom stereocenters. The molecule has 0 radical (unpaired) electrons. The molecule has 1 saturated carbocycles. The number of nitrogens with zero attached hydrogens (tertiary/aromatic N) is 2. The van der Waals surface area contributed by atoms with Gasteiger partial charge in [-0.1, -0.05) is 19.8 Å². The summed E-state index contributed by atoms with van der Waals surface area (Å²) >= 11 is 0. The molecule has 2 aromatic rings. The Morgan fingerprint density at radius 3 is 2.48 bits per heavy atom. The van der Waals surface area contributed by atoms with Gasteiger partial charge >= 0.3 is 12.0 Å². The standard InChI is InChI=1S/C21H26N4O4/c1-12-6-4-5-7-16(12)24-21(28)25-19(26)11-29-20(27)15-8-9-17-18(10-15)23-14(3)13(2)22-17/h8-10,12,16H,4-7,11H2,1-3H3,(H2,24,25,26,28)/t12-,16-/m0/s1. The lowest BCUT2D eigenvalue weighted by atomic mass is 9.86. The summed E-state index contributed by atoms with van der Waals surface area (Å²) in [4.78, 5) is 45.0. The minimum Gasteiger partial charge on any atom is -0.452 e. The molecule has 2 N–H and O–H groups in total. The Kier molecular flexibility index (Phi) is 6.41. The Morgan fingerprint density at radius 1 is 1.07 bits per heavy atom. The van der Waals surface area contributed by atoms with Crippen molar-refractivity contribution < 1.29 is 19.1 Å². The molecule has 0 unspecified atom stereocenters. The first-order valence-corrected chi connectivity index (χ1v) is 9.86. The minimum atomic E-state index is -0.675. The zero-order chi connectivity index (χ0) is 21.0. The maximum absolute atomic E-state index is 12.2. The number of imide groups is 1. The summed E-state index contributed by atoms with van der Waals surface area (Å²) in [5.41, 5.74) is 3.12. The maximum Gasteiger partial charge on any atom is 0.338 e. The summed E-state index contributed by atoms with van der Waals surface area (Å²) < 4.78 is 5.03. The van der Waals surface area contributed by atoms with Crippen LogP contribution in [0.15, 0.2) is 18.2 Å². The van der Waals surface area contributed by atoms with E-state index in [1.54, 1.807) is 18.2 Å². The van der Waals surface area contributed by atoms with E-state index in [0.717, 1.165) is 37.1 Å². The molecule has 0 spiro atoms. The smallest absolute Gasteiger partial charge is 0.338 e. The van der Waals surface area contributed by atoms with Crippen LogP contribution in [0, 0.1) is 19.8 Å². The molecule has 1 aromatic carbocycles. The van der Waals surface area contributed by atoms with Crippen LogP contribution in [-0.2, 0) is 9.53 Å². The predicted octanol–water partition coefficient (Wildman–Crippen LogP) is 2.81. The second-order valence-corrected chi connectivity index (χ2v) is 7.56. The number of aryl methyl sites for hydroxylation is 2. The van der Waals surface area contributed by atoms with Gasteiger partial charge in [0.05, 0.1) is 28.0 Å². The molecule has 1 heterocycles. The van der Waals surface area contributed by atoms with Gasteiger partial charge in [0, 0.05) is 6.04 Å². The first-order valence-electron chi connectivity index (χ1n) is 9.86. The van der Waals surface area contributed by atoms with Crippen molar-refractivity contribution in [2.45, 2.75) is 52.5 Å².